The number of anilines is 1. The zero-order chi connectivity index (χ0) is 14.7. The predicted molar refractivity (Wildman–Crippen MR) is 75.1 cm³/mol. The third kappa shape index (κ3) is 2.83. The minimum Gasteiger partial charge on any atom is -0.316 e. The van der Waals surface area contributed by atoms with Crippen LogP contribution in [0.25, 0.3) is 0 Å². The van der Waals surface area contributed by atoms with Gasteiger partial charge in [0.05, 0.1) is 15.0 Å². The fraction of sp³-hybridized carbons (Fsp3) is 0. The van der Waals surface area contributed by atoms with E-state index in [0.29, 0.717) is 0 Å². The molecule has 0 saturated heterocycles. The van der Waals surface area contributed by atoms with Crippen molar-refractivity contribution in [1.82, 2.24) is 0 Å². The van der Waals surface area contributed by atoms with Crippen molar-refractivity contribution < 1.29 is 14.1 Å². The van der Waals surface area contributed by atoms with Gasteiger partial charge in [-0.25, -0.2) is 4.39 Å². The maximum absolute atomic E-state index is 13.4. The molecule has 0 heterocycles. The quantitative estimate of drug-likeness (QED) is 0.684. The first-order chi connectivity index (χ1) is 9.50. The highest BCUT2D eigenvalue weighted by Crippen LogP contribution is 2.26. The van der Waals surface area contributed by atoms with Crippen LogP contribution in [-0.4, -0.2) is 10.8 Å². The number of carbonyl (C=O) groups is 1. The molecule has 1 amide bonds. The Balaban J connectivity index is 2.33. The minimum absolute atomic E-state index is 0.0103. The van der Waals surface area contributed by atoms with Crippen LogP contribution < -0.4 is 5.32 Å². The third-order valence-corrected chi connectivity index (χ3v) is 3.35. The van der Waals surface area contributed by atoms with E-state index in [1.54, 1.807) is 6.07 Å². The molecule has 2 aromatic carbocycles. The molecule has 0 fully saturated rings. The second-order valence-electron chi connectivity index (χ2n) is 3.83. The molecule has 0 aromatic heterocycles. The number of amides is 1. The molecule has 0 aliphatic carbocycles. The zero-order valence-corrected chi connectivity index (χ0v) is 11.6. The van der Waals surface area contributed by atoms with Crippen LogP contribution >= 0.6 is 15.9 Å². The van der Waals surface area contributed by atoms with Gasteiger partial charge < -0.3 is 5.32 Å². The van der Waals surface area contributed by atoms with Crippen LogP contribution in [0.15, 0.2) is 46.9 Å². The summed E-state index contributed by atoms with van der Waals surface area (Å²) in [7, 11) is 0. The number of halogens is 2. The van der Waals surface area contributed by atoms with E-state index in [1.807, 2.05) is 0 Å². The molecule has 102 valence electrons. The molecule has 0 radical (unpaired) electrons. The van der Waals surface area contributed by atoms with Crippen LogP contribution in [0.5, 0.6) is 0 Å². The second-order valence-corrected chi connectivity index (χ2v) is 4.62. The van der Waals surface area contributed by atoms with Gasteiger partial charge in [0, 0.05) is 6.07 Å². The van der Waals surface area contributed by atoms with Crippen LogP contribution in [-0.2, 0) is 0 Å². The smallest absolute Gasteiger partial charge is 0.292 e. The number of nitrogens with one attached hydrogen (secondary N) is 1. The number of nitro benzene ring substituents is 1. The van der Waals surface area contributed by atoms with Crippen molar-refractivity contribution >= 4 is 33.2 Å². The van der Waals surface area contributed by atoms with Crippen molar-refractivity contribution in [2.24, 2.45) is 0 Å². The lowest BCUT2D eigenvalue weighted by Crippen LogP contribution is -2.14. The maximum Gasteiger partial charge on any atom is 0.292 e. The van der Waals surface area contributed by atoms with Gasteiger partial charge >= 0.3 is 0 Å². The number of carbonyl (C=O) groups excluding carboxylic acids is 1. The fourth-order valence-electron chi connectivity index (χ4n) is 1.61. The van der Waals surface area contributed by atoms with Crippen LogP contribution in [0.3, 0.4) is 0 Å². The molecule has 1 N–H and O–H groups in total. The SMILES string of the molecule is O=C(Nc1ccccc1[N+](=O)[O-])c1cccc(F)c1Br. The summed E-state index contributed by atoms with van der Waals surface area (Å²) < 4.78 is 13.4. The summed E-state index contributed by atoms with van der Waals surface area (Å²) >= 11 is 2.97. The van der Waals surface area contributed by atoms with Gasteiger partial charge in [-0.1, -0.05) is 18.2 Å². The van der Waals surface area contributed by atoms with Gasteiger partial charge in [0.1, 0.15) is 11.5 Å². The summed E-state index contributed by atoms with van der Waals surface area (Å²) in [5, 5.41) is 13.2. The van der Waals surface area contributed by atoms with Gasteiger partial charge in [-0.15, -0.1) is 0 Å². The second kappa shape index (κ2) is 5.79. The number of nitrogens with zero attached hydrogens (tertiary/aromatic N) is 1. The number of benzene rings is 2. The van der Waals surface area contributed by atoms with E-state index in [4.69, 9.17) is 0 Å². The zero-order valence-electron chi connectivity index (χ0n) is 9.97. The van der Waals surface area contributed by atoms with Crippen LogP contribution in [0, 0.1) is 15.9 Å². The molecule has 0 bridgehead atoms. The van der Waals surface area contributed by atoms with Crippen molar-refractivity contribution in [3.63, 3.8) is 0 Å². The van der Waals surface area contributed by atoms with E-state index >= 15 is 0 Å². The summed E-state index contributed by atoms with van der Waals surface area (Å²) in [6.45, 7) is 0. The molecule has 2 rings (SSSR count). The molecule has 2 aromatic rings. The van der Waals surface area contributed by atoms with Gasteiger partial charge in [0.15, 0.2) is 0 Å². The summed E-state index contributed by atoms with van der Waals surface area (Å²) in [6.07, 6.45) is 0. The van der Waals surface area contributed by atoms with E-state index in [2.05, 4.69) is 21.2 Å². The average molecular weight is 339 g/mol. The molecule has 0 aliphatic heterocycles. The number of hydrogen-bond acceptors (Lipinski definition) is 3. The molecular weight excluding hydrogens is 331 g/mol. The van der Waals surface area contributed by atoms with Gasteiger partial charge in [0.25, 0.3) is 11.6 Å². The Labute approximate surface area is 121 Å². The largest absolute Gasteiger partial charge is 0.316 e. The van der Waals surface area contributed by atoms with Gasteiger partial charge in [-0.3, -0.25) is 14.9 Å². The standard InChI is InChI=1S/C13H8BrFN2O3/c14-12-8(4-3-5-9(12)15)13(18)16-10-6-1-2-7-11(10)17(19)20/h1-7H,(H,16,18). The fourth-order valence-corrected chi connectivity index (χ4v) is 2.05. The Hall–Kier alpha value is -2.28. The van der Waals surface area contributed by atoms with Crippen molar-refractivity contribution in [2.75, 3.05) is 5.32 Å². The first-order valence-electron chi connectivity index (χ1n) is 5.49. The molecule has 0 aliphatic rings. The van der Waals surface area contributed by atoms with Crippen molar-refractivity contribution in [3.05, 3.63) is 68.4 Å². The summed E-state index contributed by atoms with van der Waals surface area (Å²) in [6, 6.07) is 9.73. The summed E-state index contributed by atoms with van der Waals surface area (Å²) in [4.78, 5) is 22.3. The monoisotopic (exact) mass is 338 g/mol. The van der Waals surface area contributed by atoms with Gasteiger partial charge in [-0.2, -0.15) is 0 Å². The minimum atomic E-state index is -0.634. The highest BCUT2D eigenvalue weighted by molar-refractivity contribution is 9.10. The lowest BCUT2D eigenvalue weighted by Gasteiger charge is -2.07. The number of para-hydroxylation sites is 2. The lowest BCUT2D eigenvalue weighted by atomic mass is 10.2. The number of nitro groups is 1. The summed E-state index contributed by atoms with van der Waals surface area (Å²) in [5.41, 5.74) is -0.116. The van der Waals surface area contributed by atoms with E-state index in [1.165, 1.54) is 36.4 Å². The maximum atomic E-state index is 13.4. The normalized spacial score (nSPS) is 10.1. The molecule has 0 unspecified atom stereocenters. The molecule has 7 heteroatoms. The van der Waals surface area contributed by atoms with Crippen LogP contribution in [0.4, 0.5) is 15.8 Å². The van der Waals surface area contributed by atoms with E-state index in [0.717, 1.165) is 0 Å². The Morgan fingerprint density at radius 2 is 1.90 bits per heavy atom. The molecular formula is C13H8BrFN2O3. The highest BCUT2D eigenvalue weighted by Gasteiger charge is 2.18. The molecule has 20 heavy (non-hydrogen) atoms. The molecule has 0 atom stereocenters. The van der Waals surface area contributed by atoms with Crippen molar-refractivity contribution in [3.8, 4) is 0 Å². The molecule has 0 saturated carbocycles. The molecule has 0 spiro atoms. The summed E-state index contributed by atoms with van der Waals surface area (Å²) in [5.74, 6) is -1.22. The van der Waals surface area contributed by atoms with E-state index in [9.17, 15) is 19.3 Å². The average Bonchev–Trinajstić information content (AvgIpc) is 2.42. The van der Waals surface area contributed by atoms with Gasteiger partial charge in [0.2, 0.25) is 0 Å². The Morgan fingerprint density at radius 1 is 1.20 bits per heavy atom. The Kier molecular flexibility index (Phi) is 4.09. The van der Waals surface area contributed by atoms with Crippen molar-refractivity contribution in [1.29, 1.82) is 0 Å². The first-order valence-corrected chi connectivity index (χ1v) is 6.29. The highest BCUT2D eigenvalue weighted by atomic mass is 79.9. The number of rotatable bonds is 3. The third-order valence-electron chi connectivity index (χ3n) is 2.55. The van der Waals surface area contributed by atoms with Gasteiger partial charge in [-0.05, 0) is 34.1 Å². The topological polar surface area (TPSA) is 72.2 Å². The van der Waals surface area contributed by atoms with Crippen LogP contribution in [0.2, 0.25) is 0 Å². The Morgan fingerprint density at radius 3 is 2.60 bits per heavy atom. The first kappa shape index (κ1) is 14.1. The Bertz CT molecular complexity index is 691. The number of hydrogen-bond donors (Lipinski definition) is 1. The van der Waals surface area contributed by atoms with Crippen molar-refractivity contribution in [2.45, 2.75) is 0 Å². The predicted octanol–water partition coefficient (Wildman–Crippen LogP) is 3.75. The van der Waals surface area contributed by atoms with E-state index < -0.39 is 16.6 Å². The van der Waals surface area contributed by atoms with E-state index in [-0.39, 0.29) is 21.4 Å². The molecule has 5 nitrogen and oxygen atoms in total. The lowest BCUT2D eigenvalue weighted by molar-refractivity contribution is -0.383. The van der Waals surface area contributed by atoms with Crippen LogP contribution in [0.1, 0.15) is 10.4 Å².